The first-order chi connectivity index (χ1) is 15.1. The van der Waals surface area contributed by atoms with Crippen LogP contribution in [0.4, 0.5) is 38.0 Å². The van der Waals surface area contributed by atoms with Gasteiger partial charge in [0, 0.05) is 6.42 Å². The van der Waals surface area contributed by atoms with Crippen molar-refractivity contribution < 1.29 is 83.4 Å². The molecular formula is C12H11F9O10S3. The fourth-order valence-corrected chi connectivity index (χ4v) is 2.27. The molecule has 0 aromatic rings. The van der Waals surface area contributed by atoms with E-state index in [1.807, 2.05) is 0 Å². The highest BCUT2D eigenvalue weighted by Crippen LogP contribution is 2.32. The number of ether oxygens (including phenoxy) is 3. The fraction of sp³-hybridized carbons (Fsp3) is 0.750. The summed E-state index contributed by atoms with van der Waals surface area (Å²) in [5, 5.41) is -16.1. The maximum atomic E-state index is 13.0. The van der Waals surface area contributed by atoms with Gasteiger partial charge in [-0.2, -0.15) is 47.1 Å². The van der Waals surface area contributed by atoms with E-state index in [0.29, 0.717) is 0 Å². The molecule has 0 saturated carbocycles. The molecule has 0 saturated heterocycles. The summed E-state index contributed by atoms with van der Waals surface area (Å²) in [5.41, 5.74) is 0. The molecule has 0 aliphatic carbocycles. The molecule has 0 aromatic heterocycles. The molecule has 1 unspecified atom stereocenters. The van der Waals surface area contributed by atoms with Crippen molar-refractivity contribution in [1.29, 1.82) is 0 Å². The van der Waals surface area contributed by atoms with Gasteiger partial charge >= 0.3 is 54.1 Å². The lowest BCUT2D eigenvalue weighted by atomic mass is 10.1. The van der Waals surface area contributed by atoms with Crippen LogP contribution in [0.25, 0.3) is 0 Å². The van der Waals surface area contributed by atoms with Gasteiger partial charge < -0.3 is 14.2 Å². The van der Waals surface area contributed by atoms with Gasteiger partial charge in [0.15, 0.2) is 0 Å². The smallest absolute Gasteiger partial charge is 0.460 e. The average molecular weight is 582 g/mol. The molecule has 34 heavy (non-hydrogen) atoms. The summed E-state index contributed by atoms with van der Waals surface area (Å²) in [7, 11) is -13.5. The van der Waals surface area contributed by atoms with Crippen LogP contribution in [0.2, 0.25) is 0 Å². The molecular weight excluding hydrogens is 571 g/mol. The molecule has 0 amide bonds. The number of carbonyl (C=O) groups is 3. The van der Waals surface area contributed by atoms with Crippen LogP contribution >= 0.6 is 12.1 Å². The van der Waals surface area contributed by atoms with Crippen LogP contribution in [0.15, 0.2) is 0 Å². The highest BCUT2D eigenvalue weighted by atomic mass is 32.3. The number of hydrogen-bond acceptors (Lipinski definition) is 11. The minimum Gasteiger partial charge on any atom is -0.460 e. The van der Waals surface area contributed by atoms with Crippen molar-refractivity contribution in [1.82, 2.24) is 0 Å². The van der Waals surface area contributed by atoms with Crippen molar-refractivity contribution in [2.75, 3.05) is 13.2 Å². The predicted octanol–water partition coefficient (Wildman–Crippen LogP) is 2.15. The summed E-state index contributed by atoms with van der Waals surface area (Å²) >= 11 is -1.80. The van der Waals surface area contributed by atoms with Crippen LogP contribution in [0.1, 0.15) is 19.3 Å². The van der Waals surface area contributed by atoms with E-state index < -0.39 is 105 Å². The summed E-state index contributed by atoms with van der Waals surface area (Å²) in [6.45, 7) is -2.52. The second-order valence-corrected chi connectivity index (χ2v) is 9.18. The van der Waals surface area contributed by atoms with Crippen LogP contribution in [-0.4, -0.2) is 69.8 Å². The Morgan fingerprint density at radius 3 is 1.53 bits per heavy atom. The van der Waals surface area contributed by atoms with Gasteiger partial charge in [-0.15, -0.1) is 0 Å². The van der Waals surface area contributed by atoms with Crippen LogP contribution in [0.5, 0.6) is 0 Å². The second kappa shape index (κ2) is 11.6. The predicted molar refractivity (Wildman–Crippen MR) is 89.2 cm³/mol. The third-order valence-electron chi connectivity index (χ3n) is 3.27. The molecule has 10 nitrogen and oxygen atoms in total. The summed E-state index contributed by atoms with van der Waals surface area (Å²) in [4.78, 5) is 33.0. The Bertz CT molecular complexity index is 968. The summed E-state index contributed by atoms with van der Waals surface area (Å²) in [6.07, 6.45) is -4.52. The number of esters is 3. The Hall–Kier alpha value is -1.97. The van der Waals surface area contributed by atoms with Crippen molar-refractivity contribution in [2.24, 2.45) is 0 Å². The lowest BCUT2D eigenvalue weighted by molar-refractivity contribution is -0.170. The third kappa shape index (κ3) is 8.67. The Morgan fingerprint density at radius 2 is 1.15 bits per heavy atom. The zero-order valence-corrected chi connectivity index (χ0v) is 18.3. The summed E-state index contributed by atoms with van der Waals surface area (Å²) < 4.78 is 166. The molecule has 0 heterocycles. The van der Waals surface area contributed by atoms with E-state index >= 15 is 0 Å². The van der Waals surface area contributed by atoms with Gasteiger partial charge in [-0.25, -0.2) is 14.4 Å². The normalized spacial score (nSPS) is 14.3. The summed E-state index contributed by atoms with van der Waals surface area (Å²) in [5.74, 6) is -8.40. The van der Waals surface area contributed by atoms with Crippen LogP contribution in [0, 0.1) is 0 Å². The summed E-state index contributed by atoms with van der Waals surface area (Å²) in [6, 6.07) is 0. The van der Waals surface area contributed by atoms with Gasteiger partial charge in [0.25, 0.3) is 0 Å². The first kappa shape index (κ1) is 32.0. The minimum atomic E-state index is -6.76. The maximum Gasteiger partial charge on any atom is 0.470 e. The number of alkyl halides is 6. The number of carbonyl (C=O) groups excluding carboxylic acids is 3. The Kier molecular flexibility index (Phi) is 11.0. The number of halogens is 9. The Labute approximate surface area is 188 Å². The molecule has 0 aromatic carbocycles. The van der Waals surface area contributed by atoms with Gasteiger partial charge in [0.05, 0.1) is 13.2 Å². The van der Waals surface area contributed by atoms with Gasteiger partial charge in [-0.1, -0.05) is 7.77 Å². The largest absolute Gasteiger partial charge is 0.470 e. The molecule has 0 rings (SSSR count). The van der Waals surface area contributed by atoms with Crippen molar-refractivity contribution in [3.05, 3.63) is 0 Å². The number of hydrogen-bond donors (Lipinski definition) is 0. The molecule has 1 atom stereocenters. The Morgan fingerprint density at radius 1 is 0.735 bits per heavy atom. The molecule has 200 valence electrons. The van der Waals surface area contributed by atoms with E-state index in [1.165, 1.54) is 0 Å². The first-order valence-corrected chi connectivity index (χ1v) is 11.5. The molecule has 0 fully saturated rings. The molecule has 22 heteroatoms. The quantitative estimate of drug-likeness (QED) is 0.0976. The van der Waals surface area contributed by atoms with Crippen LogP contribution in [0.3, 0.4) is 0 Å². The first-order valence-electron chi connectivity index (χ1n) is 7.98. The van der Waals surface area contributed by atoms with Gasteiger partial charge in [0.2, 0.25) is 0 Å². The van der Waals surface area contributed by atoms with Crippen molar-refractivity contribution in [2.45, 2.75) is 41.1 Å². The monoisotopic (exact) mass is 582 g/mol. The third-order valence-corrected chi connectivity index (χ3v) is 5.19. The molecule has 0 N–H and O–H groups in total. The average Bonchev–Trinajstić information content (AvgIpc) is 2.68. The van der Waals surface area contributed by atoms with Gasteiger partial charge in [0.1, 0.15) is 18.3 Å². The molecule has 0 aliphatic heterocycles. The van der Waals surface area contributed by atoms with Crippen molar-refractivity contribution >= 4 is 50.5 Å². The molecule has 0 bridgehead atoms. The zero-order chi connectivity index (χ0) is 27.2. The maximum absolute atomic E-state index is 13.0. The second-order valence-electron chi connectivity index (χ2n) is 5.73. The van der Waals surface area contributed by atoms with E-state index in [2.05, 4.69) is 14.2 Å². The van der Waals surface area contributed by atoms with Gasteiger partial charge in [-0.3, -0.25) is 0 Å². The van der Waals surface area contributed by atoms with Gasteiger partial charge in [-0.05, 0) is 12.8 Å². The number of rotatable bonds is 14. The standard InChI is InChI=1S/C12H11F9O10S3/c13-10(14,32-19)7(22)31-6(3-5-30-9(24)12(17,18)34(21,27)28)2-1-4-29-8(23)11(15,16)33(20,25)26/h6H,1-5H2. The highest BCUT2D eigenvalue weighted by Gasteiger charge is 2.56. The van der Waals surface area contributed by atoms with Crippen LogP contribution < -0.4 is 0 Å². The van der Waals surface area contributed by atoms with E-state index in [0.717, 1.165) is 0 Å². The lowest BCUT2D eigenvalue weighted by Crippen LogP contribution is -2.38. The Balaban J connectivity index is 5.11. The molecule has 0 spiro atoms. The van der Waals surface area contributed by atoms with E-state index in [-0.39, 0.29) is 0 Å². The topological polar surface area (TPSA) is 147 Å². The van der Waals surface area contributed by atoms with E-state index in [9.17, 15) is 69.2 Å². The molecule has 0 aliphatic rings. The van der Waals surface area contributed by atoms with Crippen molar-refractivity contribution in [3.8, 4) is 0 Å². The molecule has 0 radical (unpaired) electrons. The highest BCUT2D eigenvalue weighted by molar-refractivity contribution is 7.96. The lowest BCUT2D eigenvalue weighted by Gasteiger charge is -2.20. The van der Waals surface area contributed by atoms with Crippen molar-refractivity contribution in [3.63, 3.8) is 0 Å². The van der Waals surface area contributed by atoms with Crippen LogP contribution in [-0.2, 0) is 49.0 Å². The minimum absolute atomic E-state index is 0.747. The fourth-order valence-electron chi connectivity index (χ4n) is 1.64. The van der Waals surface area contributed by atoms with E-state index in [1.54, 1.807) is 0 Å². The zero-order valence-electron chi connectivity index (χ0n) is 15.8. The SMILES string of the molecule is O=C(OC(CCCOC(=O)C(F)(F)S(=O)(=O)F)CCOC(=O)C(F)(F)S(=O)(=O)F)C(F)(F)SF. The van der Waals surface area contributed by atoms with E-state index in [4.69, 9.17) is 0 Å².